The topological polar surface area (TPSA) is 18.5 Å². The molecule has 0 saturated heterocycles. The molecule has 0 aliphatic carbocycles. The van der Waals surface area contributed by atoms with Gasteiger partial charge in [-0.2, -0.15) is 0 Å². The molecule has 1 atom stereocenters. The molecule has 0 rings (SSSR count). The maximum Gasteiger partial charge on any atom is 0.248 e. The summed E-state index contributed by atoms with van der Waals surface area (Å²) >= 11 is 7.28. The molecule has 0 heterocycles. The first-order chi connectivity index (χ1) is 7.29. The second-order valence-electron chi connectivity index (χ2n) is 4.46. The average molecular weight is 284 g/mol. The lowest BCUT2D eigenvalue weighted by molar-refractivity contribution is 0.186. The predicted octanol–water partition coefficient (Wildman–Crippen LogP) is 4.98. The first kappa shape index (κ1) is 16.9. The van der Waals surface area contributed by atoms with Crippen LogP contribution in [-0.4, -0.2) is 17.5 Å². The van der Waals surface area contributed by atoms with E-state index in [1.54, 1.807) is 11.4 Å². The Kier molecular flexibility index (Phi) is 8.56. The van der Waals surface area contributed by atoms with Gasteiger partial charge in [0.25, 0.3) is 0 Å². The van der Waals surface area contributed by atoms with Crippen LogP contribution in [0.1, 0.15) is 54.4 Å². The van der Waals surface area contributed by atoms with E-state index >= 15 is 0 Å². The largest absolute Gasteiger partial charge is 0.319 e. The normalized spacial score (nSPS) is 14.8. The highest BCUT2D eigenvalue weighted by atomic mass is 32.9. The lowest BCUT2D eigenvalue weighted by atomic mass is 10.3. The van der Waals surface area contributed by atoms with Gasteiger partial charge in [0, 0.05) is 5.25 Å². The summed E-state index contributed by atoms with van der Waals surface area (Å²) in [5.41, 5.74) is -2.17. The van der Waals surface area contributed by atoms with Gasteiger partial charge in [0.1, 0.15) is 0 Å². The van der Waals surface area contributed by atoms with E-state index in [9.17, 15) is 0 Å². The van der Waals surface area contributed by atoms with Gasteiger partial charge in [0.05, 0.1) is 12.2 Å². The zero-order valence-corrected chi connectivity index (χ0v) is 13.8. The second kappa shape index (κ2) is 8.10. The lowest BCUT2D eigenvalue weighted by Crippen LogP contribution is -2.08. The molecule has 0 radical (unpaired) electrons. The summed E-state index contributed by atoms with van der Waals surface area (Å²) < 4.78 is 11.7. The zero-order chi connectivity index (χ0) is 12.8. The summed E-state index contributed by atoms with van der Waals surface area (Å²) in [6, 6.07) is 0. The quantitative estimate of drug-likeness (QED) is 0.585. The second-order valence-corrected chi connectivity index (χ2v) is 11.0. The highest BCUT2D eigenvalue weighted by molar-refractivity contribution is 8.68. The van der Waals surface area contributed by atoms with Crippen molar-refractivity contribution < 1.29 is 9.05 Å². The number of hydrogen-bond acceptors (Lipinski definition) is 4. The van der Waals surface area contributed by atoms with Gasteiger partial charge in [-0.1, -0.05) is 31.7 Å². The summed E-state index contributed by atoms with van der Waals surface area (Å²) in [7, 11) is 0. The molecule has 0 fully saturated rings. The average Bonchev–Trinajstić information content (AvgIpc) is 1.98. The molecule has 0 amide bonds. The minimum Gasteiger partial charge on any atom is -0.319 e. The zero-order valence-electron chi connectivity index (χ0n) is 11.2. The Morgan fingerprint density at radius 3 is 1.81 bits per heavy atom. The molecule has 16 heavy (non-hydrogen) atoms. The number of rotatable bonds is 8. The lowest BCUT2D eigenvalue weighted by Gasteiger charge is -2.27. The standard InChI is InChI=1S/C11H25O2PS2/c1-7-8-11(6)16-14(15,12-9(2)3)13-10(4)5/h9-11H,7-8H2,1-6H3. The van der Waals surface area contributed by atoms with Crippen LogP contribution in [0.15, 0.2) is 0 Å². The fourth-order valence-electron chi connectivity index (χ4n) is 1.27. The highest BCUT2D eigenvalue weighted by Crippen LogP contribution is 2.64. The molecule has 0 saturated carbocycles. The van der Waals surface area contributed by atoms with Gasteiger partial charge < -0.3 is 9.05 Å². The molecule has 0 aliphatic heterocycles. The van der Waals surface area contributed by atoms with E-state index < -0.39 is 5.69 Å². The first-order valence-corrected chi connectivity index (χ1v) is 10.1. The van der Waals surface area contributed by atoms with E-state index in [0.717, 1.165) is 6.42 Å². The minimum absolute atomic E-state index is 0.130. The van der Waals surface area contributed by atoms with E-state index in [-0.39, 0.29) is 12.2 Å². The monoisotopic (exact) mass is 284 g/mol. The van der Waals surface area contributed by atoms with Crippen molar-refractivity contribution in [2.24, 2.45) is 0 Å². The van der Waals surface area contributed by atoms with Crippen LogP contribution >= 0.6 is 17.1 Å². The van der Waals surface area contributed by atoms with Crippen LogP contribution in [0, 0.1) is 0 Å². The van der Waals surface area contributed by atoms with Gasteiger partial charge in [-0.3, -0.25) is 0 Å². The van der Waals surface area contributed by atoms with Crippen LogP contribution in [0.5, 0.6) is 0 Å². The Morgan fingerprint density at radius 1 is 1.06 bits per heavy atom. The SMILES string of the molecule is CCCC(C)SP(=S)(OC(C)C)OC(C)C. The fourth-order valence-corrected chi connectivity index (χ4v) is 8.56. The maximum absolute atomic E-state index is 5.83. The van der Waals surface area contributed by atoms with Crippen molar-refractivity contribution in [1.29, 1.82) is 0 Å². The molecule has 0 N–H and O–H groups in total. The van der Waals surface area contributed by atoms with Gasteiger partial charge in [-0.05, 0) is 45.9 Å². The van der Waals surface area contributed by atoms with Gasteiger partial charge in [0.2, 0.25) is 5.69 Å². The summed E-state index contributed by atoms with van der Waals surface area (Å²) in [5.74, 6) is 0. The first-order valence-electron chi connectivity index (χ1n) is 5.94. The van der Waals surface area contributed by atoms with Crippen LogP contribution in [0.3, 0.4) is 0 Å². The summed E-state index contributed by atoms with van der Waals surface area (Å²) in [6.07, 6.45) is 2.59. The summed E-state index contributed by atoms with van der Waals surface area (Å²) in [4.78, 5) is 0. The van der Waals surface area contributed by atoms with E-state index in [1.165, 1.54) is 6.42 Å². The molecule has 0 aromatic heterocycles. The molecule has 0 aliphatic rings. The van der Waals surface area contributed by atoms with Crippen molar-refractivity contribution in [1.82, 2.24) is 0 Å². The Balaban J connectivity index is 4.46. The summed E-state index contributed by atoms with van der Waals surface area (Å²) in [5, 5.41) is 0.508. The Hall–Kier alpha value is 0.920. The highest BCUT2D eigenvalue weighted by Gasteiger charge is 2.25. The third kappa shape index (κ3) is 8.08. The Bertz CT molecular complexity index is 218. The molecular weight excluding hydrogens is 259 g/mol. The van der Waals surface area contributed by atoms with Crippen LogP contribution in [0.4, 0.5) is 0 Å². The maximum atomic E-state index is 5.83. The molecule has 0 spiro atoms. The fraction of sp³-hybridized carbons (Fsp3) is 1.00. The Morgan fingerprint density at radius 2 is 1.50 bits per heavy atom. The molecule has 0 aromatic carbocycles. The third-order valence-electron chi connectivity index (χ3n) is 1.68. The molecule has 1 unspecified atom stereocenters. The van der Waals surface area contributed by atoms with E-state index in [0.29, 0.717) is 5.25 Å². The van der Waals surface area contributed by atoms with Crippen LogP contribution < -0.4 is 0 Å². The van der Waals surface area contributed by atoms with Crippen molar-refractivity contribution in [3.8, 4) is 0 Å². The van der Waals surface area contributed by atoms with Crippen molar-refractivity contribution in [3.05, 3.63) is 0 Å². The van der Waals surface area contributed by atoms with Crippen molar-refractivity contribution >= 4 is 28.9 Å². The minimum atomic E-state index is -2.17. The van der Waals surface area contributed by atoms with Gasteiger partial charge in [-0.25, -0.2) is 0 Å². The molecule has 0 bridgehead atoms. The van der Waals surface area contributed by atoms with E-state index in [4.69, 9.17) is 20.9 Å². The van der Waals surface area contributed by atoms with Gasteiger partial charge >= 0.3 is 0 Å². The third-order valence-corrected chi connectivity index (χ3v) is 7.56. The van der Waals surface area contributed by atoms with Gasteiger partial charge in [0.15, 0.2) is 0 Å². The van der Waals surface area contributed by atoms with Gasteiger partial charge in [-0.15, -0.1) is 0 Å². The Labute approximate surface area is 110 Å². The molecule has 98 valence electrons. The van der Waals surface area contributed by atoms with Crippen LogP contribution in [0.25, 0.3) is 0 Å². The van der Waals surface area contributed by atoms with Crippen LogP contribution in [-0.2, 0) is 20.9 Å². The van der Waals surface area contributed by atoms with E-state index in [1.807, 2.05) is 27.7 Å². The molecule has 0 aromatic rings. The molecule has 5 heteroatoms. The summed E-state index contributed by atoms with van der Waals surface area (Å²) in [6.45, 7) is 12.4. The van der Waals surface area contributed by atoms with Crippen molar-refractivity contribution in [2.75, 3.05) is 0 Å². The van der Waals surface area contributed by atoms with Crippen LogP contribution in [0.2, 0.25) is 0 Å². The van der Waals surface area contributed by atoms with Crippen molar-refractivity contribution in [2.45, 2.75) is 71.8 Å². The number of hydrogen-bond donors (Lipinski definition) is 0. The smallest absolute Gasteiger partial charge is 0.248 e. The van der Waals surface area contributed by atoms with Crippen molar-refractivity contribution in [3.63, 3.8) is 0 Å². The molecule has 2 nitrogen and oxygen atoms in total. The molecular formula is C11H25O2PS2. The predicted molar refractivity (Wildman–Crippen MR) is 78.7 cm³/mol. The van der Waals surface area contributed by atoms with E-state index in [2.05, 4.69) is 13.8 Å².